The van der Waals surface area contributed by atoms with Crippen molar-refractivity contribution in [2.75, 3.05) is 0 Å². The highest BCUT2D eigenvalue weighted by Crippen LogP contribution is 2.26. The van der Waals surface area contributed by atoms with Crippen LogP contribution in [-0.2, 0) is 0 Å². The minimum Gasteiger partial charge on any atom is -0.348 e. The summed E-state index contributed by atoms with van der Waals surface area (Å²) >= 11 is 1.06. The van der Waals surface area contributed by atoms with E-state index in [0.29, 0.717) is 22.2 Å². The van der Waals surface area contributed by atoms with Crippen LogP contribution in [-0.4, -0.2) is 21.5 Å². The van der Waals surface area contributed by atoms with E-state index in [4.69, 9.17) is 0 Å². The molecule has 0 bridgehead atoms. The Bertz CT molecular complexity index is 577. The molecule has 6 heteroatoms. The van der Waals surface area contributed by atoms with Gasteiger partial charge in [-0.3, -0.25) is 4.79 Å². The van der Waals surface area contributed by atoms with E-state index in [9.17, 15) is 9.18 Å². The van der Waals surface area contributed by atoms with E-state index in [0.717, 1.165) is 24.4 Å². The van der Waals surface area contributed by atoms with Gasteiger partial charge in [0.1, 0.15) is 16.4 Å². The van der Waals surface area contributed by atoms with Gasteiger partial charge in [-0.1, -0.05) is 4.49 Å². The largest absolute Gasteiger partial charge is 0.348 e. The Hall–Kier alpha value is -1.82. The number of rotatable bonds is 3. The summed E-state index contributed by atoms with van der Waals surface area (Å²) in [6, 6.07) is 6.18. The van der Waals surface area contributed by atoms with Crippen LogP contribution in [0.1, 0.15) is 22.5 Å². The Morgan fingerprint density at radius 1 is 1.33 bits per heavy atom. The lowest BCUT2D eigenvalue weighted by Gasteiger charge is -2.02. The lowest BCUT2D eigenvalue weighted by atomic mass is 10.1. The van der Waals surface area contributed by atoms with Crippen LogP contribution in [0.4, 0.5) is 4.39 Å². The molecule has 1 aromatic heterocycles. The normalized spacial score (nSPS) is 14.5. The number of carbonyl (C=O) groups is 1. The number of nitrogens with zero attached hydrogens (tertiary/aromatic N) is 2. The molecule has 92 valence electrons. The molecule has 0 spiro atoms. The Balaban J connectivity index is 1.90. The number of hydrogen-bond donors (Lipinski definition) is 1. The van der Waals surface area contributed by atoms with Crippen molar-refractivity contribution in [1.29, 1.82) is 0 Å². The van der Waals surface area contributed by atoms with Crippen LogP contribution >= 0.6 is 11.5 Å². The molecule has 0 unspecified atom stereocenters. The van der Waals surface area contributed by atoms with Gasteiger partial charge in [-0.2, -0.15) is 0 Å². The average Bonchev–Trinajstić information content (AvgIpc) is 3.04. The first-order chi connectivity index (χ1) is 8.74. The molecular formula is C12H10FN3OS. The van der Waals surface area contributed by atoms with Crippen molar-refractivity contribution in [3.05, 3.63) is 35.0 Å². The van der Waals surface area contributed by atoms with E-state index in [-0.39, 0.29) is 11.7 Å². The lowest BCUT2D eigenvalue weighted by molar-refractivity contribution is 0.0955. The van der Waals surface area contributed by atoms with Crippen molar-refractivity contribution < 1.29 is 9.18 Å². The van der Waals surface area contributed by atoms with Gasteiger partial charge < -0.3 is 5.32 Å². The number of halogens is 1. The summed E-state index contributed by atoms with van der Waals surface area (Å²) in [7, 11) is 0. The van der Waals surface area contributed by atoms with Crippen molar-refractivity contribution in [2.45, 2.75) is 18.9 Å². The number of carbonyl (C=O) groups excluding carboxylic acids is 1. The molecule has 4 nitrogen and oxygen atoms in total. The van der Waals surface area contributed by atoms with E-state index in [1.807, 2.05) is 0 Å². The maximum Gasteiger partial charge on any atom is 0.265 e. The molecule has 18 heavy (non-hydrogen) atoms. The van der Waals surface area contributed by atoms with Gasteiger partial charge in [-0.15, -0.1) is 5.10 Å². The predicted octanol–water partition coefficient (Wildman–Crippen LogP) is 2.24. The maximum absolute atomic E-state index is 12.9. The molecule has 1 fully saturated rings. The number of amides is 1. The Kier molecular flexibility index (Phi) is 2.79. The summed E-state index contributed by atoms with van der Waals surface area (Å²) in [5.41, 5.74) is 1.21. The SMILES string of the molecule is O=C(NC1CC1)c1snnc1-c1ccc(F)cc1. The van der Waals surface area contributed by atoms with Crippen LogP contribution in [0.15, 0.2) is 24.3 Å². The van der Waals surface area contributed by atoms with E-state index >= 15 is 0 Å². The van der Waals surface area contributed by atoms with Gasteiger partial charge in [0.2, 0.25) is 0 Å². The number of aromatic nitrogens is 2. The molecule has 1 amide bonds. The van der Waals surface area contributed by atoms with Crippen molar-refractivity contribution in [3.63, 3.8) is 0 Å². The van der Waals surface area contributed by atoms with Gasteiger partial charge in [-0.25, -0.2) is 4.39 Å². The third-order valence-electron chi connectivity index (χ3n) is 2.72. The lowest BCUT2D eigenvalue weighted by Crippen LogP contribution is -2.24. The summed E-state index contributed by atoms with van der Waals surface area (Å²) in [5.74, 6) is -0.460. The molecule has 1 N–H and O–H groups in total. The Morgan fingerprint density at radius 2 is 2.06 bits per heavy atom. The molecule has 0 radical (unpaired) electrons. The van der Waals surface area contributed by atoms with Gasteiger partial charge in [0.25, 0.3) is 5.91 Å². The molecule has 1 aromatic carbocycles. The van der Waals surface area contributed by atoms with E-state index in [1.54, 1.807) is 12.1 Å². The quantitative estimate of drug-likeness (QED) is 0.924. The van der Waals surface area contributed by atoms with Crippen LogP contribution < -0.4 is 5.32 Å². The second-order valence-corrected chi connectivity index (χ2v) is 4.96. The molecule has 3 rings (SSSR count). The molecule has 1 heterocycles. The first-order valence-corrected chi connectivity index (χ1v) is 6.40. The molecular weight excluding hydrogens is 253 g/mol. The minimum absolute atomic E-state index is 0.146. The van der Waals surface area contributed by atoms with Gasteiger partial charge in [-0.05, 0) is 48.6 Å². The Labute approximate surface area is 107 Å². The van der Waals surface area contributed by atoms with Crippen molar-refractivity contribution in [2.24, 2.45) is 0 Å². The highest BCUT2D eigenvalue weighted by molar-refractivity contribution is 7.08. The zero-order valence-corrected chi connectivity index (χ0v) is 10.2. The van der Waals surface area contributed by atoms with E-state index < -0.39 is 0 Å². The van der Waals surface area contributed by atoms with E-state index in [2.05, 4.69) is 14.9 Å². The van der Waals surface area contributed by atoms with Crippen LogP contribution in [0.5, 0.6) is 0 Å². The number of hydrogen-bond acceptors (Lipinski definition) is 4. The van der Waals surface area contributed by atoms with Crippen molar-refractivity contribution in [3.8, 4) is 11.3 Å². The smallest absolute Gasteiger partial charge is 0.265 e. The summed E-state index contributed by atoms with van der Waals surface area (Å²) in [6.07, 6.45) is 2.06. The summed E-state index contributed by atoms with van der Waals surface area (Å²) in [6.45, 7) is 0. The molecule has 1 saturated carbocycles. The second-order valence-electron chi connectivity index (χ2n) is 4.21. The van der Waals surface area contributed by atoms with E-state index in [1.165, 1.54) is 12.1 Å². The van der Waals surface area contributed by atoms with Gasteiger partial charge in [0.05, 0.1) is 0 Å². The standard InChI is InChI=1S/C12H10FN3OS/c13-8-3-1-7(2-4-8)10-11(18-16-15-10)12(17)14-9-5-6-9/h1-4,9H,5-6H2,(H,14,17). The third kappa shape index (κ3) is 2.24. The van der Waals surface area contributed by atoms with Crippen molar-refractivity contribution in [1.82, 2.24) is 14.9 Å². The van der Waals surface area contributed by atoms with Gasteiger partial charge in [0, 0.05) is 11.6 Å². The predicted molar refractivity (Wildman–Crippen MR) is 65.8 cm³/mol. The minimum atomic E-state index is -0.314. The fraction of sp³-hybridized carbons (Fsp3) is 0.250. The summed E-state index contributed by atoms with van der Waals surface area (Å²) < 4.78 is 16.7. The average molecular weight is 263 g/mol. The van der Waals surface area contributed by atoms with Crippen LogP contribution in [0.25, 0.3) is 11.3 Å². The van der Waals surface area contributed by atoms with Crippen LogP contribution in [0.3, 0.4) is 0 Å². The third-order valence-corrected chi connectivity index (χ3v) is 3.45. The number of benzene rings is 1. The van der Waals surface area contributed by atoms with Gasteiger partial charge in [0.15, 0.2) is 0 Å². The van der Waals surface area contributed by atoms with Gasteiger partial charge >= 0.3 is 0 Å². The maximum atomic E-state index is 12.9. The highest BCUT2D eigenvalue weighted by atomic mass is 32.1. The first-order valence-electron chi connectivity index (χ1n) is 5.63. The highest BCUT2D eigenvalue weighted by Gasteiger charge is 2.26. The Morgan fingerprint density at radius 3 is 2.72 bits per heavy atom. The molecule has 1 aliphatic carbocycles. The molecule has 2 aromatic rings. The second kappa shape index (κ2) is 4.45. The fourth-order valence-corrected chi connectivity index (χ4v) is 2.21. The van der Waals surface area contributed by atoms with Crippen LogP contribution in [0.2, 0.25) is 0 Å². The van der Waals surface area contributed by atoms with Crippen LogP contribution in [0, 0.1) is 5.82 Å². The fourth-order valence-electron chi connectivity index (χ4n) is 1.61. The van der Waals surface area contributed by atoms with Crippen molar-refractivity contribution >= 4 is 17.4 Å². The molecule has 0 saturated heterocycles. The monoisotopic (exact) mass is 263 g/mol. The zero-order chi connectivity index (χ0) is 12.5. The summed E-state index contributed by atoms with van der Waals surface area (Å²) in [4.78, 5) is 12.4. The zero-order valence-electron chi connectivity index (χ0n) is 9.39. The topological polar surface area (TPSA) is 54.9 Å². The number of nitrogens with one attached hydrogen (secondary N) is 1. The first kappa shape index (κ1) is 11.3. The molecule has 1 aliphatic rings. The molecule has 0 aliphatic heterocycles. The molecule has 0 atom stereocenters. The summed E-state index contributed by atoms with van der Waals surface area (Å²) in [5, 5.41) is 6.85.